The molecule has 0 atom stereocenters. The van der Waals surface area contributed by atoms with E-state index in [1.54, 1.807) is 60.7 Å². The fourth-order valence-corrected chi connectivity index (χ4v) is 1.67. The minimum Gasteiger partial charge on any atom is -0.507 e. The Balaban J connectivity index is 0.000000369. The molecule has 0 spiro atoms. The molecular formula is C20H20N2O4Zn. The SMILES string of the molecule is Nc1ccc(N)cc1.O=Cc1ccccc1O.O=Cc1ccccc1O.[Zn]. The molecule has 0 aliphatic carbocycles. The van der Waals surface area contributed by atoms with E-state index in [1.165, 1.54) is 12.1 Å². The summed E-state index contributed by atoms with van der Waals surface area (Å²) in [6.07, 6.45) is 1.24. The van der Waals surface area contributed by atoms with Gasteiger partial charge in [0.25, 0.3) is 0 Å². The summed E-state index contributed by atoms with van der Waals surface area (Å²) in [6.45, 7) is 0. The molecule has 0 radical (unpaired) electrons. The Labute approximate surface area is 170 Å². The zero-order chi connectivity index (χ0) is 19.4. The summed E-state index contributed by atoms with van der Waals surface area (Å²) in [5.74, 6) is 0.0694. The maximum atomic E-state index is 10.1. The Kier molecular flexibility index (Phi) is 11.5. The zero-order valence-corrected chi connectivity index (χ0v) is 17.6. The Morgan fingerprint density at radius 2 is 0.889 bits per heavy atom. The van der Waals surface area contributed by atoms with Crippen molar-refractivity contribution in [1.29, 1.82) is 0 Å². The number of carbonyl (C=O) groups excluding carboxylic acids is 2. The molecule has 27 heavy (non-hydrogen) atoms. The van der Waals surface area contributed by atoms with Gasteiger partial charge < -0.3 is 21.7 Å². The van der Waals surface area contributed by atoms with Crippen molar-refractivity contribution in [3.8, 4) is 11.5 Å². The number of hydrogen-bond donors (Lipinski definition) is 4. The van der Waals surface area contributed by atoms with Gasteiger partial charge >= 0.3 is 0 Å². The van der Waals surface area contributed by atoms with Crippen LogP contribution in [0, 0.1) is 0 Å². The Morgan fingerprint density at radius 3 is 1.11 bits per heavy atom. The number of rotatable bonds is 2. The molecule has 136 valence electrons. The molecule has 0 bridgehead atoms. The second-order valence-corrected chi connectivity index (χ2v) is 5.02. The summed E-state index contributed by atoms with van der Waals surface area (Å²) in [5.41, 5.74) is 12.9. The van der Waals surface area contributed by atoms with Crippen LogP contribution in [0.25, 0.3) is 0 Å². The van der Waals surface area contributed by atoms with Gasteiger partial charge in [0.2, 0.25) is 0 Å². The number of nitrogen functional groups attached to an aromatic ring is 2. The maximum absolute atomic E-state index is 10.1. The first-order valence-electron chi connectivity index (χ1n) is 7.55. The summed E-state index contributed by atoms with van der Waals surface area (Å²) in [4.78, 5) is 20.1. The third-order valence-electron chi connectivity index (χ3n) is 3.06. The van der Waals surface area contributed by atoms with E-state index in [0.717, 1.165) is 11.4 Å². The van der Waals surface area contributed by atoms with Crippen LogP contribution in [0.15, 0.2) is 72.8 Å². The number of phenols is 2. The molecule has 0 saturated heterocycles. The average molecular weight is 418 g/mol. The molecule has 0 aliphatic heterocycles. The van der Waals surface area contributed by atoms with Crippen LogP contribution in [-0.4, -0.2) is 22.8 Å². The number of nitrogens with two attached hydrogens (primary N) is 2. The predicted octanol–water partition coefficient (Wildman–Crippen LogP) is 3.26. The van der Waals surface area contributed by atoms with Gasteiger partial charge in [-0.05, 0) is 48.5 Å². The van der Waals surface area contributed by atoms with Crippen molar-refractivity contribution in [3.05, 3.63) is 83.9 Å². The van der Waals surface area contributed by atoms with Crippen LogP contribution in [0.5, 0.6) is 11.5 Å². The molecule has 0 unspecified atom stereocenters. The van der Waals surface area contributed by atoms with Crippen molar-refractivity contribution in [2.45, 2.75) is 0 Å². The molecule has 6 nitrogen and oxygen atoms in total. The van der Waals surface area contributed by atoms with Gasteiger partial charge in [-0.15, -0.1) is 0 Å². The molecule has 3 aromatic rings. The van der Waals surface area contributed by atoms with Crippen LogP contribution in [0.1, 0.15) is 20.7 Å². The quantitative estimate of drug-likeness (QED) is 0.288. The Hall–Kier alpha value is -3.18. The second kappa shape index (κ2) is 13.1. The molecular weight excluding hydrogens is 398 g/mol. The summed E-state index contributed by atoms with van der Waals surface area (Å²) in [5, 5.41) is 17.8. The number of phenolic OH excluding ortho intramolecular Hbond substituents is 2. The number of hydrogen-bond acceptors (Lipinski definition) is 6. The molecule has 0 fully saturated rings. The van der Waals surface area contributed by atoms with E-state index < -0.39 is 0 Å². The van der Waals surface area contributed by atoms with E-state index >= 15 is 0 Å². The molecule has 0 amide bonds. The molecule has 0 aliphatic rings. The summed E-state index contributed by atoms with van der Waals surface area (Å²) >= 11 is 0. The van der Waals surface area contributed by atoms with Crippen LogP contribution < -0.4 is 11.5 Å². The molecule has 0 heterocycles. The maximum Gasteiger partial charge on any atom is 0.153 e. The molecule has 0 aromatic heterocycles. The van der Waals surface area contributed by atoms with Gasteiger partial charge in [-0.25, -0.2) is 0 Å². The third kappa shape index (κ3) is 9.19. The smallest absolute Gasteiger partial charge is 0.153 e. The standard InChI is InChI=1S/2C7H6O2.C6H8N2.Zn/c2*8-5-6-3-1-2-4-7(6)9;7-5-1-2-6(8)4-3-5;/h2*1-5,9H;1-4H,7-8H2;. The first-order chi connectivity index (χ1) is 12.5. The summed E-state index contributed by atoms with van der Waals surface area (Å²) < 4.78 is 0. The van der Waals surface area contributed by atoms with Crippen LogP contribution in [0.2, 0.25) is 0 Å². The van der Waals surface area contributed by atoms with Crippen LogP contribution >= 0.6 is 0 Å². The van der Waals surface area contributed by atoms with E-state index in [2.05, 4.69) is 0 Å². The van der Waals surface area contributed by atoms with Crippen LogP contribution in [-0.2, 0) is 19.5 Å². The first kappa shape index (κ1) is 23.8. The van der Waals surface area contributed by atoms with E-state index in [9.17, 15) is 9.59 Å². The fourth-order valence-electron chi connectivity index (χ4n) is 1.67. The normalized spacial score (nSPS) is 8.59. The van der Waals surface area contributed by atoms with E-state index in [1.807, 2.05) is 0 Å². The second-order valence-electron chi connectivity index (χ2n) is 5.02. The van der Waals surface area contributed by atoms with Gasteiger partial charge in [-0.2, -0.15) is 0 Å². The molecule has 0 saturated carbocycles. The van der Waals surface area contributed by atoms with E-state index in [-0.39, 0.29) is 31.0 Å². The topological polar surface area (TPSA) is 127 Å². The van der Waals surface area contributed by atoms with Crippen LogP contribution in [0.4, 0.5) is 11.4 Å². The van der Waals surface area contributed by atoms with Gasteiger partial charge in [0, 0.05) is 30.9 Å². The van der Waals surface area contributed by atoms with Crippen molar-refractivity contribution in [2.75, 3.05) is 11.5 Å². The van der Waals surface area contributed by atoms with Crippen molar-refractivity contribution in [2.24, 2.45) is 0 Å². The predicted molar refractivity (Wildman–Crippen MR) is 102 cm³/mol. The zero-order valence-electron chi connectivity index (χ0n) is 14.7. The van der Waals surface area contributed by atoms with Gasteiger partial charge in [0.1, 0.15) is 11.5 Å². The number of aromatic hydroxyl groups is 2. The summed E-state index contributed by atoms with van der Waals surface area (Å²) in [7, 11) is 0. The van der Waals surface area contributed by atoms with Crippen molar-refractivity contribution >= 4 is 23.9 Å². The van der Waals surface area contributed by atoms with Gasteiger partial charge in [-0.3, -0.25) is 9.59 Å². The molecule has 7 heteroatoms. The van der Waals surface area contributed by atoms with Crippen LogP contribution in [0.3, 0.4) is 0 Å². The largest absolute Gasteiger partial charge is 0.507 e. The average Bonchev–Trinajstić information content (AvgIpc) is 2.66. The monoisotopic (exact) mass is 416 g/mol. The van der Waals surface area contributed by atoms with Crippen molar-refractivity contribution in [3.63, 3.8) is 0 Å². The van der Waals surface area contributed by atoms with Crippen molar-refractivity contribution < 1.29 is 39.3 Å². The number of anilines is 2. The molecule has 3 rings (SSSR count). The Morgan fingerprint density at radius 1 is 0.593 bits per heavy atom. The first-order valence-corrected chi connectivity index (χ1v) is 7.55. The minimum absolute atomic E-state index is 0. The van der Waals surface area contributed by atoms with E-state index in [0.29, 0.717) is 23.7 Å². The Bertz CT molecular complexity index is 769. The van der Waals surface area contributed by atoms with Gasteiger partial charge in [0.15, 0.2) is 12.6 Å². The van der Waals surface area contributed by atoms with Gasteiger partial charge in [0.05, 0.1) is 11.1 Å². The number of carbonyl (C=O) groups is 2. The van der Waals surface area contributed by atoms with Crippen molar-refractivity contribution in [1.82, 2.24) is 0 Å². The summed E-state index contributed by atoms with van der Waals surface area (Å²) in [6, 6.07) is 19.9. The number of aldehydes is 2. The molecule has 3 aromatic carbocycles. The fraction of sp³-hybridized carbons (Fsp3) is 0. The third-order valence-corrected chi connectivity index (χ3v) is 3.06. The minimum atomic E-state index is 0. The van der Waals surface area contributed by atoms with E-state index in [4.69, 9.17) is 21.7 Å². The molecule has 6 N–H and O–H groups in total. The number of para-hydroxylation sites is 2. The number of benzene rings is 3. The van der Waals surface area contributed by atoms with Gasteiger partial charge in [-0.1, -0.05) is 24.3 Å².